The van der Waals surface area contributed by atoms with Crippen LogP contribution in [0.4, 0.5) is 0 Å². The first kappa shape index (κ1) is 25.3. The Hall–Kier alpha value is -1.30. The van der Waals surface area contributed by atoms with Crippen LogP contribution in [0.2, 0.25) is 0 Å². The fourth-order valence-electron chi connectivity index (χ4n) is 5.60. The molecule has 0 aliphatic heterocycles. The minimum absolute atomic E-state index is 0.117. The van der Waals surface area contributed by atoms with Gasteiger partial charge in [-0.2, -0.15) is 0 Å². The smallest absolute Gasteiger partial charge is 0.316 e. The lowest BCUT2D eigenvalue weighted by Gasteiger charge is -2.42. The number of fused-ring (bicyclic) bond motifs is 1. The van der Waals surface area contributed by atoms with Crippen LogP contribution in [0.25, 0.3) is 0 Å². The number of carbonyl (C=O) groups is 1. The van der Waals surface area contributed by atoms with Crippen molar-refractivity contribution in [1.29, 1.82) is 0 Å². The Kier molecular flexibility index (Phi) is 7.84. The maximum atomic E-state index is 12.2. The predicted molar refractivity (Wildman–Crippen MR) is 132 cm³/mol. The summed E-state index contributed by atoms with van der Waals surface area (Å²) >= 11 is 1.67. The van der Waals surface area contributed by atoms with Crippen LogP contribution < -0.4 is 0 Å². The van der Waals surface area contributed by atoms with Crippen LogP contribution in [-0.2, 0) is 9.53 Å². The van der Waals surface area contributed by atoms with Gasteiger partial charge in [-0.05, 0) is 82.3 Å². The zero-order valence-electron chi connectivity index (χ0n) is 20.3. The highest BCUT2D eigenvalue weighted by atomic mass is 32.2. The molecule has 3 aliphatic carbocycles. The first-order valence-electron chi connectivity index (χ1n) is 11.9. The third kappa shape index (κ3) is 5.78. The van der Waals surface area contributed by atoms with Crippen molar-refractivity contribution >= 4 is 17.7 Å². The van der Waals surface area contributed by atoms with Crippen LogP contribution in [0.5, 0.6) is 0 Å². The van der Waals surface area contributed by atoms with Gasteiger partial charge in [0.25, 0.3) is 0 Å². The normalized spacial score (nSPS) is 34.4. The Bertz CT molecular complexity index is 831. The molecule has 0 aromatic rings. The second-order valence-electron chi connectivity index (χ2n) is 10.8. The van der Waals surface area contributed by atoms with E-state index in [9.17, 15) is 15.0 Å². The number of aliphatic hydroxyl groups is 2. The number of aliphatic hydroxyl groups excluding tert-OH is 2. The summed E-state index contributed by atoms with van der Waals surface area (Å²) in [4.78, 5) is 12.2. The standard InChI is InChI=1S/C27H40O4S/c1-17-20(14-21(28)15-24(17)29)10-9-19-8-7-13-27(6)22(11-12-23(19)27)18(2)32-16-25(30)31-26(3,4)5/h9-11,18,21,23-24,28-29H,1,7-8,12-16H2,2-6H3/t18-,21+,23-,24-,27+/m0/s1. The van der Waals surface area contributed by atoms with Crippen LogP contribution in [0.15, 0.2) is 47.1 Å². The lowest BCUT2D eigenvalue weighted by Crippen LogP contribution is -2.33. The lowest BCUT2D eigenvalue weighted by atomic mass is 9.64. The van der Waals surface area contributed by atoms with Gasteiger partial charge >= 0.3 is 5.97 Å². The third-order valence-corrected chi connectivity index (χ3v) is 8.34. The van der Waals surface area contributed by atoms with Crippen molar-refractivity contribution in [3.8, 4) is 0 Å². The quantitative estimate of drug-likeness (QED) is 0.418. The van der Waals surface area contributed by atoms with E-state index < -0.39 is 17.8 Å². The second kappa shape index (κ2) is 9.90. The van der Waals surface area contributed by atoms with E-state index in [4.69, 9.17) is 4.74 Å². The number of rotatable bonds is 5. The van der Waals surface area contributed by atoms with E-state index in [0.717, 1.165) is 30.4 Å². The van der Waals surface area contributed by atoms with Gasteiger partial charge in [-0.15, -0.1) is 11.8 Å². The summed E-state index contributed by atoms with van der Waals surface area (Å²) in [5.74, 6) is 0.694. The summed E-state index contributed by atoms with van der Waals surface area (Å²) in [6.07, 6.45) is 10.9. The van der Waals surface area contributed by atoms with Crippen LogP contribution in [0.3, 0.4) is 0 Å². The van der Waals surface area contributed by atoms with Gasteiger partial charge in [-0.3, -0.25) is 4.79 Å². The number of esters is 1. The molecule has 3 rings (SSSR count). The fraction of sp³-hybridized carbons (Fsp3) is 0.667. The van der Waals surface area contributed by atoms with Gasteiger partial charge in [-0.1, -0.05) is 42.9 Å². The average Bonchev–Trinajstić information content (AvgIpc) is 3.04. The maximum absolute atomic E-state index is 12.2. The molecule has 5 atom stereocenters. The highest BCUT2D eigenvalue weighted by molar-refractivity contribution is 8.00. The molecular weight excluding hydrogens is 420 g/mol. The van der Waals surface area contributed by atoms with Crippen molar-refractivity contribution in [2.45, 2.75) is 96.2 Å². The zero-order chi connectivity index (χ0) is 23.7. The Morgan fingerprint density at radius 3 is 2.78 bits per heavy atom. The van der Waals surface area contributed by atoms with E-state index in [1.54, 1.807) is 11.8 Å². The number of hydrogen-bond donors (Lipinski definition) is 2. The van der Waals surface area contributed by atoms with Crippen LogP contribution in [0, 0.1) is 11.3 Å². The molecule has 0 bridgehead atoms. The summed E-state index contributed by atoms with van der Waals surface area (Å²) in [5, 5.41) is 20.4. The molecule has 0 unspecified atom stereocenters. The minimum atomic E-state index is -0.650. The second-order valence-corrected chi connectivity index (χ2v) is 12.2. The molecule has 32 heavy (non-hydrogen) atoms. The number of hydrogen-bond acceptors (Lipinski definition) is 5. The van der Waals surface area contributed by atoms with Crippen molar-refractivity contribution in [3.05, 3.63) is 47.1 Å². The molecule has 2 N–H and O–H groups in total. The molecule has 0 radical (unpaired) electrons. The maximum Gasteiger partial charge on any atom is 0.316 e. The van der Waals surface area contributed by atoms with Crippen LogP contribution in [0.1, 0.15) is 73.1 Å². The zero-order valence-corrected chi connectivity index (χ0v) is 21.1. The summed E-state index contributed by atoms with van der Waals surface area (Å²) in [6, 6.07) is 0. The van der Waals surface area contributed by atoms with E-state index in [2.05, 4.69) is 38.7 Å². The molecule has 3 aliphatic rings. The molecule has 0 aromatic heterocycles. The van der Waals surface area contributed by atoms with Crippen LogP contribution in [-0.4, -0.2) is 45.0 Å². The van der Waals surface area contributed by atoms with Gasteiger partial charge in [0.15, 0.2) is 0 Å². The van der Waals surface area contributed by atoms with Gasteiger partial charge in [0.05, 0.1) is 18.0 Å². The van der Waals surface area contributed by atoms with Gasteiger partial charge in [0.1, 0.15) is 5.60 Å². The first-order valence-corrected chi connectivity index (χ1v) is 12.9. The predicted octanol–water partition coefficient (Wildman–Crippen LogP) is 5.51. The third-order valence-electron chi connectivity index (χ3n) is 7.18. The summed E-state index contributed by atoms with van der Waals surface area (Å²) < 4.78 is 5.48. The topological polar surface area (TPSA) is 66.8 Å². The molecule has 5 heteroatoms. The van der Waals surface area contributed by atoms with E-state index in [-0.39, 0.29) is 16.6 Å². The van der Waals surface area contributed by atoms with E-state index >= 15 is 0 Å². The molecule has 2 saturated carbocycles. The summed E-state index contributed by atoms with van der Waals surface area (Å²) in [5.41, 5.74) is 4.28. The molecule has 0 saturated heterocycles. The number of allylic oxidation sites excluding steroid dienone is 4. The number of carbonyl (C=O) groups excluding carboxylic acids is 1. The Morgan fingerprint density at radius 1 is 1.38 bits per heavy atom. The first-order chi connectivity index (χ1) is 14.9. The molecular formula is C27H40O4S. The summed E-state index contributed by atoms with van der Waals surface area (Å²) in [7, 11) is 0. The van der Waals surface area contributed by atoms with E-state index in [1.165, 1.54) is 17.6 Å². The van der Waals surface area contributed by atoms with Crippen molar-refractivity contribution in [2.75, 3.05) is 5.75 Å². The molecule has 0 amide bonds. The van der Waals surface area contributed by atoms with Crippen LogP contribution >= 0.6 is 11.8 Å². The van der Waals surface area contributed by atoms with Crippen molar-refractivity contribution in [2.24, 2.45) is 11.3 Å². The average molecular weight is 461 g/mol. The fourth-order valence-corrected chi connectivity index (χ4v) is 6.59. The molecule has 0 aromatic carbocycles. The Morgan fingerprint density at radius 2 is 2.09 bits per heavy atom. The SMILES string of the molecule is C=C1C(=CC=C2CCC[C@]3(C)C([C@H](C)SCC(=O)OC(C)(C)C)=CC[C@@H]23)C[C@@H](O)C[C@@H]1O. The van der Waals surface area contributed by atoms with E-state index in [1.807, 2.05) is 20.8 Å². The highest BCUT2D eigenvalue weighted by Gasteiger charge is 2.46. The lowest BCUT2D eigenvalue weighted by molar-refractivity contribution is -0.151. The largest absolute Gasteiger partial charge is 0.459 e. The number of ether oxygens (including phenoxy) is 1. The van der Waals surface area contributed by atoms with Gasteiger partial charge in [0.2, 0.25) is 0 Å². The molecule has 0 spiro atoms. The molecule has 0 heterocycles. The van der Waals surface area contributed by atoms with Crippen molar-refractivity contribution in [3.63, 3.8) is 0 Å². The molecule has 2 fully saturated rings. The Balaban J connectivity index is 1.69. The number of thioether (sulfide) groups is 1. The summed E-state index contributed by atoms with van der Waals surface area (Å²) in [6.45, 7) is 14.3. The monoisotopic (exact) mass is 460 g/mol. The van der Waals surface area contributed by atoms with Crippen molar-refractivity contribution < 1.29 is 19.7 Å². The van der Waals surface area contributed by atoms with Gasteiger partial charge in [0, 0.05) is 11.7 Å². The van der Waals surface area contributed by atoms with Crippen molar-refractivity contribution in [1.82, 2.24) is 0 Å². The molecule has 4 nitrogen and oxygen atoms in total. The Labute approximate surface area is 197 Å². The minimum Gasteiger partial charge on any atom is -0.459 e. The van der Waals surface area contributed by atoms with Gasteiger partial charge < -0.3 is 14.9 Å². The highest BCUT2D eigenvalue weighted by Crippen LogP contribution is 2.56. The van der Waals surface area contributed by atoms with Gasteiger partial charge in [-0.25, -0.2) is 0 Å². The van der Waals surface area contributed by atoms with E-state index in [0.29, 0.717) is 24.5 Å². The molecule has 178 valence electrons.